The molecule has 0 bridgehead atoms. The Morgan fingerprint density at radius 2 is 2.10 bits per heavy atom. The molecule has 0 atom stereocenters. The second-order valence-corrected chi connectivity index (χ2v) is 6.51. The highest BCUT2D eigenvalue weighted by atomic mass is 32.2. The molecule has 0 fully saturated rings. The van der Waals surface area contributed by atoms with Crippen molar-refractivity contribution >= 4 is 10.0 Å². The van der Waals surface area contributed by atoms with Gasteiger partial charge < -0.3 is 4.74 Å². The van der Waals surface area contributed by atoms with Gasteiger partial charge in [0, 0.05) is 26.6 Å². The molecular weight excluding hydrogens is 276 g/mol. The number of aryl methyl sites for hydroxylation is 1. The molecule has 0 spiro atoms. The Hall–Kier alpha value is -1.42. The molecule has 0 N–H and O–H groups in total. The summed E-state index contributed by atoms with van der Waals surface area (Å²) >= 11 is 0. The number of rotatable bonds is 8. The number of benzene rings is 1. The number of methoxy groups -OCH3 is 1. The third-order valence-electron chi connectivity index (χ3n) is 2.84. The predicted molar refractivity (Wildman–Crippen MR) is 77.5 cm³/mol. The fraction of sp³-hybridized carbons (Fsp3) is 0.500. The summed E-state index contributed by atoms with van der Waals surface area (Å²) in [6, 6.07) is 9.39. The van der Waals surface area contributed by atoms with Gasteiger partial charge in [0.1, 0.15) is 0 Å². The first-order valence-corrected chi connectivity index (χ1v) is 8.00. The van der Waals surface area contributed by atoms with E-state index in [2.05, 4.69) is 0 Å². The van der Waals surface area contributed by atoms with Gasteiger partial charge >= 0.3 is 0 Å². The van der Waals surface area contributed by atoms with Crippen molar-refractivity contribution in [2.45, 2.75) is 19.1 Å². The third kappa shape index (κ3) is 5.29. The van der Waals surface area contributed by atoms with Crippen molar-refractivity contribution < 1.29 is 13.2 Å². The van der Waals surface area contributed by atoms with Crippen LogP contribution in [-0.4, -0.2) is 39.5 Å². The van der Waals surface area contributed by atoms with Crippen LogP contribution in [0.4, 0.5) is 0 Å². The standard InChI is InChI=1S/C14H20N2O3S/c1-13-5-3-6-14(11-13)12-20(17,18)16(8-4-7-15)9-10-19-2/h3,5-6,11H,4,8-10,12H2,1-2H3. The lowest BCUT2D eigenvalue weighted by molar-refractivity contribution is 0.179. The fourth-order valence-corrected chi connectivity index (χ4v) is 3.37. The van der Waals surface area contributed by atoms with E-state index in [0.29, 0.717) is 6.61 Å². The minimum Gasteiger partial charge on any atom is -0.383 e. The van der Waals surface area contributed by atoms with Crippen LogP contribution < -0.4 is 0 Å². The quantitative estimate of drug-likeness (QED) is 0.732. The molecule has 1 aromatic rings. The molecule has 0 aliphatic rings. The van der Waals surface area contributed by atoms with Crippen LogP contribution in [0.3, 0.4) is 0 Å². The third-order valence-corrected chi connectivity index (χ3v) is 4.69. The van der Waals surface area contributed by atoms with Gasteiger partial charge in [-0.15, -0.1) is 0 Å². The van der Waals surface area contributed by atoms with Gasteiger partial charge in [-0.2, -0.15) is 9.57 Å². The van der Waals surface area contributed by atoms with Crippen molar-refractivity contribution in [3.63, 3.8) is 0 Å². The van der Waals surface area contributed by atoms with E-state index in [1.54, 1.807) is 6.07 Å². The van der Waals surface area contributed by atoms with E-state index in [-0.39, 0.29) is 25.3 Å². The van der Waals surface area contributed by atoms with E-state index in [9.17, 15) is 8.42 Å². The van der Waals surface area contributed by atoms with Gasteiger partial charge in [-0.05, 0) is 12.5 Å². The molecule has 5 nitrogen and oxygen atoms in total. The Bertz CT molecular complexity index is 564. The Morgan fingerprint density at radius 1 is 1.35 bits per heavy atom. The van der Waals surface area contributed by atoms with Crippen molar-refractivity contribution in [3.8, 4) is 6.07 Å². The number of hydrogen-bond acceptors (Lipinski definition) is 4. The van der Waals surface area contributed by atoms with Crippen molar-refractivity contribution in [2.24, 2.45) is 0 Å². The van der Waals surface area contributed by atoms with Gasteiger partial charge in [-0.25, -0.2) is 8.42 Å². The van der Waals surface area contributed by atoms with Crippen LogP contribution in [0.15, 0.2) is 24.3 Å². The van der Waals surface area contributed by atoms with Crippen LogP contribution in [0, 0.1) is 18.3 Å². The minimum absolute atomic E-state index is 0.0518. The summed E-state index contributed by atoms with van der Waals surface area (Å²) < 4.78 is 31.0. The van der Waals surface area contributed by atoms with Gasteiger partial charge in [0.25, 0.3) is 0 Å². The summed E-state index contributed by atoms with van der Waals surface area (Å²) in [5.41, 5.74) is 1.78. The Labute approximate surface area is 120 Å². The molecule has 0 amide bonds. The van der Waals surface area contributed by atoms with Crippen LogP contribution in [-0.2, 0) is 20.5 Å². The molecule has 110 valence electrons. The van der Waals surface area contributed by atoms with Gasteiger partial charge in [0.05, 0.1) is 18.4 Å². The Kier molecular flexibility index (Phi) is 6.65. The molecule has 0 aliphatic heterocycles. The van der Waals surface area contributed by atoms with Crippen LogP contribution >= 0.6 is 0 Å². The lowest BCUT2D eigenvalue weighted by Gasteiger charge is -2.20. The van der Waals surface area contributed by atoms with Crippen molar-refractivity contribution in [1.29, 1.82) is 5.26 Å². The highest BCUT2D eigenvalue weighted by molar-refractivity contribution is 7.88. The Morgan fingerprint density at radius 3 is 2.70 bits per heavy atom. The largest absolute Gasteiger partial charge is 0.383 e. The molecule has 6 heteroatoms. The van der Waals surface area contributed by atoms with E-state index in [4.69, 9.17) is 10.00 Å². The second kappa shape index (κ2) is 8.00. The molecule has 0 aliphatic carbocycles. The highest BCUT2D eigenvalue weighted by Gasteiger charge is 2.21. The molecule has 0 saturated heterocycles. The maximum Gasteiger partial charge on any atom is 0.218 e. The molecule has 1 aromatic carbocycles. The molecule has 1 rings (SSSR count). The monoisotopic (exact) mass is 296 g/mol. The SMILES string of the molecule is COCCN(CCC#N)S(=O)(=O)Cc1cccc(C)c1. The normalized spacial score (nSPS) is 11.5. The molecule has 0 unspecified atom stereocenters. The summed E-state index contributed by atoms with van der Waals surface area (Å²) in [6.45, 7) is 2.72. The highest BCUT2D eigenvalue weighted by Crippen LogP contribution is 2.13. The van der Waals surface area contributed by atoms with E-state index >= 15 is 0 Å². The lowest BCUT2D eigenvalue weighted by atomic mass is 10.2. The van der Waals surface area contributed by atoms with Gasteiger partial charge in [0.15, 0.2) is 0 Å². The molecule has 0 aromatic heterocycles. The van der Waals surface area contributed by atoms with E-state index < -0.39 is 10.0 Å². The van der Waals surface area contributed by atoms with E-state index in [0.717, 1.165) is 11.1 Å². The number of sulfonamides is 1. The summed E-state index contributed by atoms with van der Waals surface area (Å²) in [6.07, 6.45) is 0.177. The number of nitrogens with zero attached hydrogens (tertiary/aromatic N) is 2. The van der Waals surface area contributed by atoms with Crippen LogP contribution in [0.1, 0.15) is 17.5 Å². The summed E-state index contributed by atoms with van der Waals surface area (Å²) in [4.78, 5) is 0. The number of ether oxygens (including phenoxy) is 1. The predicted octanol–water partition coefficient (Wildman–Crippen LogP) is 1.69. The van der Waals surface area contributed by atoms with Crippen LogP contribution in [0.2, 0.25) is 0 Å². The summed E-state index contributed by atoms with van der Waals surface area (Å²) in [7, 11) is -1.91. The zero-order valence-corrected chi connectivity index (χ0v) is 12.7. The van der Waals surface area contributed by atoms with Crippen molar-refractivity contribution in [3.05, 3.63) is 35.4 Å². The molecule has 0 heterocycles. The lowest BCUT2D eigenvalue weighted by Crippen LogP contribution is -2.35. The van der Waals surface area contributed by atoms with E-state index in [1.165, 1.54) is 11.4 Å². The first-order valence-electron chi connectivity index (χ1n) is 6.39. The number of nitriles is 1. The zero-order chi connectivity index (χ0) is 15.0. The van der Waals surface area contributed by atoms with Crippen LogP contribution in [0.25, 0.3) is 0 Å². The average Bonchev–Trinajstić information content (AvgIpc) is 2.38. The smallest absolute Gasteiger partial charge is 0.218 e. The van der Waals surface area contributed by atoms with Gasteiger partial charge in [-0.3, -0.25) is 0 Å². The molecule has 20 heavy (non-hydrogen) atoms. The molecular formula is C14H20N2O3S. The van der Waals surface area contributed by atoms with Crippen LogP contribution in [0.5, 0.6) is 0 Å². The number of hydrogen-bond donors (Lipinski definition) is 0. The summed E-state index contributed by atoms with van der Waals surface area (Å²) in [5.74, 6) is -0.0518. The topological polar surface area (TPSA) is 70.4 Å². The molecule has 0 radical (unpaired) electrons. The zero-order valence-electron chi connectivity index (χ0n) is 11.9. The van der Waals surface area contributed by atoms with E-state index in [1.807, 2.05) is 31.2 Å². The molecule has 0 saturated carbocycles. The average molecular weight is 296 g/mol. The summed E-state index contributed by atoms with van der Waals surface area (Å²) in [5, 5.41) is 8.63. The minimum atomic E-state index is -3.43. The van der Waals surface area contributed by atoms with Crippen molar-refractivity contribution in [1.82, 2.24) is 4.31 Å². The second-order valence-electron chi connectivity index (χ2n) is 4.55. The van der Waals surface area contributed by atoms with Gasteiger partial charge in [-0.1, -0.05) is 29.8 Å². The first-order chi connectivity index (χ1) is 9.49. The maximum atomic E-state index is 12.4. The Balaban J connectivity index is 2.83. The van der Waals surface area contributed by atoms with Crippen molar-refractivity contribution in [2.75, 3.05) is 26.8 Å². The van der Waals surface area contributed by atoms with Gasteiger partial charge in [0.2, 0.25) is 10.0 Å². The fourth-order valence-electron chi connectivity index (χ4n) is 1.86. The first kappa shape index (κ1) is 16.6. The maximum absolute atomic E-state index is 12.4.